The van der Waals surface area contributed by atoms with Crippen LogP contribution in [0.25, 0.3) is 0 Å². The van der Waals surface area contributed by atoms with E-state index in [1.54, 1.807) is 6.08 Å². The van der Waals surface area contributed by atoms with Crippen LogP contribution in [0.15, 0.2) is 12.2 Å². The van der Waals surface area contributed by atoms with Crippen molar-refractivity contribution in [2.45, 2.75) is 346 Å². The van der Waals surface area contributed by atoms with Crippen LogP contribution in [-0.2, 0) is 14.3 Å². The first-order chi connectivity index (χ1) is 33.3. The first-order valence-corrected chi connectivity index (χ1v) is 29.9. The molecule has 9 nitrogen and oxygen atoms in total. The summed E-state index contributed by atoms with van der Waals surface area (Å²) in [6.07, 6.45) is 54.2. The van der Waals surface area contributed by atoms with Gasteiger partial charge in [-0.1, -0.05) is 289 Å². The molecule has 0 aromatic carbocycles. The molecule has 0 spiro atoms. The maximum absolute atomic E-state index is 13.1. The second-order valence-corrected chi connectivity index (χ2v) is 21.2. The summed E-state index contributed by atoms with van der Waals surface area (Å²) in [7, 11) is 0. The minimum absolute atomic E-state index is 0.169. The fourth-order valence-electron chi connectivity index (χ4n) is 9.87. The van der Waals surface area contributed by atoms with Crippen molar-refractivity contribution in [2.24, 2.45) is 0 Å². The predicted molar refractivity (Wildman–Crippen MR) is 286 cm³/mol. The zero-order chi connectivity index (χ0) is 49.4. The summed E-state index contributed by atoms with van der Waals surface area (Å²) in [5.74, 6) is -0.169. The maximum Gasteiger partial charge on any atom is 0.220 e. The van der Waals surface area contributed by atoms with Crippen LogP contribution in [0.3, 0.4) is 0 Å². The number of nitrogens with one attached hydrogen (secondary N) is 1. The number of amides is 1. The highest BCUT2D eigenvalue weighted by Gasteiger charge is 2.44. The Morgan fingerprint density at radius 1 is 0.485 bits per heavy atom. The second-order valence-electron chi connectivity index (χ2n) is 21.2. The molecular formula is C59H115NO8. The van der Waals surface area contributed by atoms with Crippen LogP contribution in [-0.4, -0.2) is 87.5 Å². The Labute approximate surface area is 420 Å². The Kier molecular flexibility index (Phi) is 47.3. The van der Waals surface area contributed by atoms with E-state index in [9.17, 15) is 30.3 Å². The quantitative estimate of drug-likeness (QED) is 0.0261. The first kappa shape index (κ1) is 64.9. The van der Waals surface area contributed by atoms with Gasteiger partial charge in [0, 0.05) is 6.42 Å². The SMILES string of the molecule is CCCCCCCCCCCCCCCCCCCCCCC/C=C/C(O)C(COC1OC(CO)C(O)C(O)C1O)NC(=O)CCCCCCCCCCCCCCCCCCCCCCCC. The van der Waals surface area contributed by atoms with Crippen molar-refractivity contribution in [3.8, 4) is 0 Å². The van der Waals surface area contributed by atoms with Crippen LogP contribution in [0.2, 0.25) is 0 Å². The van der Waals surface area contributed by atoms with Gasteiger partial charge in [-0.15, -0.1) is 0 Å². The van der Waals surface area contributed by atoms with E-state index in [0.29, 0.717) is 6.42 Å². The molecule has 1 saturated heterocycles. The molecular weight excluding hydrogens is 851 g/mol. The highest BCUT2D eigenvalue weighted by Crippen LogP contribution is 2.23. The number of allylic oxidation sites excluding steroid dienone is 1. The summed E-state index contributed by atoms with van der Waals surface area (Å²) in [4.78, 5) is 13.1. The summed E-state index contributed by atoms with van der Waals surface area (Å²) >= 11 is 0. The number of ether oxygens (including phenoxy) is 2. The molecule has 0 bridgehead atoms. The molecule has 1 heterocycles. The lowest BCUT2D eigenvalue weighted by Gasteiger charge is -2.40. The highest BCUT2D eigenvalue weighted by atomic mass is 16.7. The van der Waals surface area contributed by atoms with E-state index in [-0.39, 0.29) is 12.5 Å². The summed E-state index contributed by atoms with van der Waals surface area (Å²) in [5, 5.41) is 54.6. The van der Waals surface area contributed by atoms with Gasteiger partial charge in [0.15, 0.2) is 6.29 Å². The van der Waals surface area contributed by atoms with Crippen LogP contribution < -0.4 is 5.32 Å². The molecule has 7 atom stereocenters. The Hall–Kier alpha value is -1.07. The average Bonchev–Trinajstić information content (AvgIpc) is 3.34. The summed E-state index contributed by atoms with van der Waals surface area (Å²) < 4.78 is 11.3. The molecule has 1 rings (SSSR count). The number of rotatable bonds is 52. The van der Waals surface area contributed by atoms with Gasteiger partial charge in [-0.05, 0) is 19.3 Å². The molecule has 1 aliphatic rings. The van der Waals surface area contributed by atoms with Crippen LogP contribution in [0.4, 0.5) is 0 Å². The van der Waals surface area contributed by atoms with Crippen molar-refractivity contribution < 1.29 is 39.8 Å². The number of carbonyl (C=O) groups excluding carboxylic acids is 1. The molecule has 404 valence electrons. The van der Waals surface area contributed by atoms with Gasteiger partial charge in [0.1, 0.15) is 24.4 Å². The maximum atomic E-state index is 13.1. The van der Waals surface area contributed by atoms with Gasteiger partial charge in [-0.3, -0.25) is 4.79 Å². The molecule has 1 amide bonds. The fourth-order valence-corrected chi connectivity index (χ4v) is 9.87. The van der Waals surface area contributed by atoms with Crippen LogP contribution in [0.1, 0.15) is 303 Å². The van der Waals surface area contributed by atoms with Gasteiger partial charge >= 0.3 is 0 Å². The normalized spacial score (nSPS) is 19.5. The monoisotopic (exact) mass is 966 g/mol. The molecule has 0 radical (unpaired) electrons. The lowest BCUT2D eigenvalue weighted by atomic mass is 9.99. The van der Waals surface area contributed by atoms with Crippen molar-refractivity contribution in [3.63, 3.8) is 0 Å². The third-order valence-corrected chi connectivity index (χ3v) is 14.6. The third-order valence-electron chi connectivity index (χ3n) is 14.6. The van der Waals surface area contributed by atoms with E-state index in [1.807, 2.05) is 6.08 Å². The molecule has 0 aromatic heterocycles. The van der Waals surface area contributed by atoms with Gasteiger partial charge in [-0.25, -0.2) is 0 Å². The fraction of sp³-hybridized carbons (Fsp3) is 0.949. The molecule has 9 heteroatoms. The van der Waals surface area contributed by atoms with Crippen molar-refractivity contribution >= 4 is 5.91 Å². The summed E-state index contributed by atoms with van der Waals surface area (Å²) in [5.41, 5.74) is 0. The minimum Gasteiger partial charge on any atom is -0.394 e. The second kappa shape index (κ2) is 49.5. The summed E-state index contributed by atoms with van der Waals surface area (Å²) in [6.45, 7) is 3.83. The Bertz CT molecular complexity index is 1080. The van der Waals surface area contributed by atoms with Crippen molar-refractivity contribution in [1.29, 1.82) is 0 Å². The number of carbonyl (C=O) groups is 1. The zero-order valence-electron chi connectivity index (χ0n) is 44.9. The van der Waals surface area contributed by atoms with E-state index in [2.05, 4.69) is 19.2 Å². The standard InChI is InChI=1S/C59H115NO8/c1-3-5-7-9-11-13-15-17-19-21-23-25-27-28-30-32-34-36-38-40-42-44-46-48-53(62)52(51-67-59-58(66)57(65)56(64)54(50-61)68-59)60-55(63)49-47-45-43-41-39-37-35-33-31-29-26-24-22-20-18-16-14-12-10-8-6-4-2/h46,48,52-54,56-59,61-62,64-66H,3-45,47,49-51H2,1-2H3,(H,60,63)/b48-46+. The Morgan fingerprint density at radius 2 is 0.809 bits per heavy atom. The van der Waals surface area contributed by atoms with Crippen LogP contribution in [0.5, 0.6) is 0 Å². The van der Waals surface area contributed by atoms with Crippen molar-refractivity contribution in [2.75, 3.05) is 13.2 Å². The average molecular weight is 967 g/mol. The molecule has 7 unspecified atom stereocenters. The lowest BCUT2D eigenvalue weighted by Crippen LogP contribution is -2.60. The molecule has 68 heavy (non-hydrogen) atoms. The highest BCUT2D eigenvalue weighted by molar-refractivity contribution is 5.76. The molecule has 0 saturated carbocycles. The first-order valence-electron chi connectivity index (χ1n) is 29.9. The van der Waals surface area contributed by atoms with E-state index >= 15 is 0 Å². The molecule has 1 aliphatic heterocycles. The summed E-state index contributed by atoms with van der Waals surface area (Å²) in [6, 6.07) is -0.800. The predicted octanol–water partition coefficient (Wildman–Crippen LogP) is 14.8. The topological polar surface area (TPSA) is 149 Å². The smallest absolute Gasteiger partial charge is 0.220 e. The third kappa shape index (κ3) is 38.6. The van der Waals surface area contributed by atoms with Crippen LogP contribution >= 0.6 is 0 Å². The number of aliphatic hydroxyl groups is 5. The van der Waals surface area contributed by atoms with Gasteiger partial charge in [0.2, 0.25) is 5.91 Å². The van der Waals surface area contributed by atoms with E-state index in [1.165, 1.54) is 244 Å². The van der Waals surface area contributed by atoms with Crippen molar-refractivity contribution in [3.05, 3.63) is 12.2 Å². The number of hydrogen-bond donors (Lipinski definition) is 6. The molecule has 6 N–H and O–H groups in total. The largest absolute Gasteiger partial charge is 0.394 e. The van der Waals surface area contributed by atoms with Gasteiger partial charge in [-0.2, -0.15) is 0 Å². The van der Waals surface area contributed by atoms with E-state index in [0.717, 1.165) is 38.5 Å². The minimum atomic E-state index is -1.56. The Balaban J connectivity index is 2.20. The zero-order valence-corrected chi connectivity index (χ0v) is 44.9. The molecule has 0 aliphatic carbocycles. The lowest BCUT2D eigenvalue weighted by molar-refractivity contribution is -0.302. The number of unbranched alkanes of at least 4 members (excludes halogenated alkanes) is 42. The van der Waals surface area contributed by atoms with Crippen molar-refractivity contribution in [1.82, 2.24) is 5.32 Å². The van der Waals surface area contributed by atoms with Gasteiger partial charge < -0.3 is 40.3 Å². The number of aliphatic hydroxyl groups excluding tert-OH is 5. The number of hydrogen-bond acceptors (Lipinski definition) is 8. The Morgan fingerprint density at radius 3 is 1.15 bits per heavy atom. The molecule has 0 aromatic rings. The van der Waals surface area contributed by atoms with Gasteiger partial charge in [0.05, 0.1) is 25.4 Å². The molecule has 1 fully saturated rings. The van der Waals surface area contributed by atoms with Crippen LogP contribution in [0, 0.1) is 0 Å². The van der Waals surface area contributed by atoms with Gasteiger partial charge in [0.25, 0.3) is 0 Å². The van der Waals surface area contributed by atoms with E-state index < -0.39 is 49.5 Å². The van der Waals surface area contributed by atoms with E-state index in [4.69, 9.17) is 9.47 Å².